The lowest BCUT2D eigenvalue weighted by molar-refractivity contribution is -0.153. The summed E-state index contributed by atoms with van der Waals surface area (Å²) in [5.74, 6) is -0.552. The van der Waals surface area contributed by atoms with E-state index in [9.17, 15) is 9.59 Å². The number of rotatable bonds is 3. The highest BCUT2D eigenvalue weighted by molar-refractivity contribution is 5.66. The van der Waals surface area contributed by atoms with Gasteiger partial charge in [0.1, 0.15) is 6.33 Å². The zero-order valence-corrected chi connectivity index (χ0v) is 11.6. The smallest absolute Gasteiger partial charge is 0.354 e. The molecule has 0 amide bonds. The molecule has 8 heteroatoms. The normalized spacial score (nSPS) is 29.4. The lowest BCUT2D eigenvalue weighted by Gasteiger charge is -2.21. The minimum absolute atomic E-state index is 0.0293. The number of nitrogens with two attached hydrogens (primary N) is 1. The molecule has 4 atom stereocenters. The van der Waals surface area contributed by atoms with Crippen LogP contribution in [0.5, 0.6) is 0 Å². The molecule has 110 valence electrons. The molecule has 2 rings (SSSR count). The average Bonchev–Trinajstić information content (AvgIpc) is 2.66. The van der Waals surface area contributed by atoms with Crippen molar-refractivity contribution in [1.29, 1.82) is 0 Å². The van der Waals surface area contributed by atoms with Gasteiger partial charge in [0.25, 0.3) is 0 Å². The molecule has 1 saturated heterocycles. The van der Waals surface area contributed by atoms with Gasteiger partial charge in [-0.25, -0.2) is 9.78 Å². The van der Waals surface area contributed by atoms with E-state index in [0.29, 0.717) is 0 Å². The van der Waals surface area contributed by atoms with E-state index in [0.717, 1.165) is 6.42 Å². The summed E-state index contributed by atoms with van der Waals surface area (Å²) in [6.07, 6.45) is 0.625. The van der Waals surface area contributed by atoms with E-state index in [2.05, 4.69) is 9.97 Å². The Morgan fingerprint density at radius 2 is 2.30 bits per heavy atom. The Bertz CT molecular complexity index is 559. The van der Waals surface area contributed by atoms with Gasteiger partial charge in [-0.2, -0.15) is 4.98 Å². The lowest BCUT2D eigenvalue weighted by Crippen LogP contribution is -2.36. The third kappa shape index (κ3) is 2.64. The Morgan fingerprint density at radius 1 is 1.60 bits per heavy atom. The van der Waals surface area contributed by atoms with E-state index < -0.39 is 24.0 Å². The van der Waals surface area contributed by atoms with E-state index in [1.54, 1.807) is 0 Å². The predicted molar refractivity (Wildman–Crippen MR) is 69.6 cm³/mol. The van der Waals surface area contributed by atoms with Gasteiger partial charge in [-0.3, -0.25) is 9.36 Å². The van der Waals surface area contributed by atoms with Crippen molar-refractivity contribution in [3.8, 4) is 0 Å². The molecule has 0 bridgehead atoms. The van der Waals surface area contributed by atoms with Gasteiger partial charge in [-0.15, -0.1) is 0 Å². The first-order valence-corrected chi connectivity index (χ1v) is 6.47. The summed E-state index contributed by atoms with van der Waals surface area (Å²) in [4.78, 5) is 30.5. The molecule has 2 heterocycles. The van der Waals surface area contributed by atoms with Gasteiger partial charge < -0.3 is 15.2 Å². The summed E-state index contributed by atoms with van der Waals surface area (Å²) in [5, 5.41) is 0. The molecule has 1 fully saturated rings. The number of carbonyl (C=O) groups excluding carboxylic acids is 1. The fourth-order valence-corrected chi connectivity index (χ4v) is 2.43. The Kier molecular flexibility index (Phi) is 4.03. The van der Waals surface area contributed by atoms with Gasteiger partial charge in [-0.1, -0.05) is 13.8 Å². The van der Waals surface area contributed by atoms with Crippen LogP contribution in [-0.4, -0.2) is 32.7 Å². The highest BCUT2D eigenvalue weighted by atomic mass is 16.6. The van der Waals surface area contributed by atoms with Crippen LogP contribution in [0.2, 0.25) is 0 Å². The third-order valence-corrected chi connectivity index (χ3v) is 3.42. The zero-order valence-electron chi connectivity index (χ0n) is 11.6. The Labute approximate surface area is 115 Å². The summed E-state index contributed by atoms with van der Waals surface area (Å²) < 4.78 is 12.3. The van der Waals surface area contributed by atoms with E-state index in [-0.39, 0.29) is 18.0 Å². The maximum Gasteiger partial charge on any atom is 0.354 e. The molecular weight excluding hydrogens is 264 g/mol. The van der Waals surface area contributed by atoms with E-state index in [1.165, 1.54) is 17.8 Å². The number of hydrogen-bond acceptors (Lipinski definition) is 7. The standard InChI is InChI=1S/C12H18N4O4/c1-4-8-6(2)9(19-7(3)17)10(20-8)16-5-14-11(13)15-12(16)18/h5-6,8-10H,4H2,1-3H3,(H2,13,15,18)/t6-,8-,9-,10-/m1/s1. The van der Waals surface area contributed by atoms with Crippen LogP contribution in [0.15, 0.2) is 11.1 Å². The minimum atomic E-state index is -0.730. The molecule has 2 N–H and O–H groups in total. The molecule has 0 aromatic carbocycles. The van der Waals surface area contributed by atoms with Crippen molar-refractivity contribution in [2.75, 3.05) is 5.73 Å². The van der Waals surface area contributed by atoms with Crippen molar-refractivity contribution in [1.82, 2.24) is 14.5 Å². The van der Waals surface area contributed by atoms with Crippen molar-refractivity contribution < 1.29 is 14.3 Å². The predicted octanol–water partition coefficient (Wildman–Crippen LogP) is 0.0957. The second kappa shape index (κ2) is 5.58. The SMILES string of the molecule is CC[C@H]1O[C@@H](n2cnc(N)nc2=O)[C@H](OC(C)=O)[C@@H]1C. The average molecular weight is 282 g/mol. The van der Waals surface area contributed by atoms with Crippen molar-refractivity contribution in [3.05, 3.63) is 16.8 Å². The van der Waals surface area contributed by atoms with Gasteiger partial charge in [0.05, 0.1) is 6.10 Å². The summed E-state index contributed by atoms with van der Waals surface area (Å²) in [7, 11) is 0. The number of aromatic nitrogens is 3. The summed E-state index contributed by atoms with van der Waals surface area (Å²) in [5.41, 5.74) is 4.78. The van der Waals surface area contributed by atoms with E-state index in [4.69, 9.17) is 15.2 Å². The van der Waals surface area contributed by atoms with Crippen LogP contribution >= 0.6 is 0 Å². The third-order valence-electron chi connectivity index (χ3n) is 3.42. The van der Waals surface area contributed by atoms with Crippen molar-refractivity contribution in [3.63, 3.8) is 0 Å². The van der Waals surface area contributed by atoms with Gasteiger partial charge >= 0.3 is 11.7 Å². The number of hydrogen-bond donors (Lipinski definition) is 1. The largest absolute Gasteiger partial charge is 0.457 e. The number of nitrogen functional groups attached to an aromatic ring is 1. The van der Waals surface area contributed by atoms with Gasteiger partial charge in [0.15, 0.2) is 12.3 Å². The zero-order chi connectivity index (χ0) is 14.9. The molecule has 0 spiro atoms. The van der Waals surface area contributed by atoms with Crippen molar-refractivity contribution in [2.45, 2.75) is 45.6 Å². The Balaban J connectivity index is 2.36. The quantitative estimate of drug-likeness (QED) is 0.783. The van der Waals surface area contributed by atoms with Gasteiger partial charge in [-0.05, 0) is 6.42 Å². The molecular formula is C12H18N4O4. The summed E-state index contributed by atoms with van der Waals surface area (Å²) in [6.45, 7) is 5.22. The van der Waals surface area contributed by atoms with Crippen LogP contribution in [0.1, 0.15) is 33.4 Å². The molecule has 0 radical (unpaired) electrons. The number of carbonyl (C=O) groups is 1. The van der Waals surface area contributed by atoms with Crippen molar-refractivity contribution >= 4 is 11.9 Å². The molecule has 1 aromatic rings. The first-order valence-electron chi connectivity index (χ1n) is 6.47. The molecule has 20 heavy (non-hydrogen) atoms. The maximum absolute atomic E-state index is 11.9. The second-order valence-corrected chi connectivity index (χ2v) is 4.81. The molecule has 0 aliphatic carbocycles. The fraction of sp³-hybridized carbons (Fsp3) is 0.667. The monoisotopic (exact) mass is 282 g/mol. The van der Waals surface area contributed by atoms with Crippen LogP contribution in [0, 0.1) is 5.92 Å². The molecule has 0 saturated carbocycles. The van der Waals surface area contributed by atoms with Crippen LogP contribution in [0.3, 0.4) is 0 Å². The number of ether oxygens (including phenoxy) is 2. The van der Waals surface area contributed by atoms with Crippen LogP contribution in [-0.2, 0) is 14.3 Å². The summed E-state index contributed by atoms with van der Waals surface area (Å²) in [6, 6.07) is 0. The molecule has 0 unspecified atom stereocenters. The van der Waals surface area contributed by atoms with Crippen molar-refractivity contribution in [2.24, 2.45) is 5.92 Å². The highest BCUT2D eigenvalue weighted by Crippen LogP contribution is 2.36. The van der Waals surface area contributed by atoms with Crippen LogP contribution < -0.4 is 11.4 Å². The maximum atomic E-state index is 11.9. The Morgan fingerprint density at radius 3 is 2.85 bits per heavy atom. The molecule has 8 nitrogen and oxygen atoms in total. The fourth-order valence-electron chi connectivity index (χ4n) is 2.43. The minimum Gasteiger partial charge on any atom is -0.457 e. The van der Waals surface area contributed by atoms with Gasteiger partial charge in [0, 0.05) is 12.8 Å². The van der Waals surface area contributed by atoms with E-state index in [1.807, 2.05) is 13.8 Å². The summed E-state index contributed by atoms with van der Waals surface area (Å²) >= 11 is 0. The molecule has 1 aromatic heterocycles. The number of anilines is 1. The second-order valence-electron chi connectivity index (χ2n) is 4.81. The number of nitrogens with zero attached hydrogens (tertiary/aromatic N) is 3. The van der Waals surface area contributed by atoms with Crippen LogP contribution in [0.25, 0.3) is 0 Å². The first-order chi connectivity index (χ1) is 9.43. The topological polar surface area (TPSA) is 109 Å². The number of esters is 1. The van der Waals surface area contributed by atoms with Gasteiger partial charge in [0.2, 0.25) is 5.95 Å². The lowest BCUT2D eigenvalue weighted by atomic mass is 9.98. The van der Waals surface area contributed by atoms with Crippen LogP contribution in [0.4, 0.5) is 5.95 Å². The first kappa shape index (κ1) is 14.4. The van der Waals surface area contributed by atoms with E-state index >= 15 is 0 Å². The highest BCUT2D eigenvalue weighted by Gasteiger charge is 2.44. The molecule has 1 aliphatic heterocycles. The molecule has 1 aliphatic rings. The Hall–Kier alpha value is -1.96.